The summed E-state index contributed by atoms with van der Waals surface area (Å²) in [5.74, 6) is 0.166. The van der Waals surface area contributed by atoms with Gasteiger partial charge in [-0.05, 0) is 25.0 Å². The molecule has 1 aromatic heterocycles. The van der Waals surface area contributed by atoms with Gasteiger partial charge in [0.25, 0.3) is 0 Å². The van der Waals surface area contributed by atoms with Gasteiger partial charge in [-0.2, -0.15) is 0 Å². The van der Waals surface area contributed by atoms with E-state index in [0.29, 0.717) is 11.1 Å². The average Bonchev–Trinajstić information content (AvgIpc) is 2.62. The maximum Gasteiger partial charge on any atom is 0.198 e. The summed E-state index contributed by atoms with van der Waals surface area (Å²) < 4.78 is 0. The average molecular weight is 291 g/mol. The van der Waals surface area contributed by atoms with Crippen molar-refractivity contribution in [2.75, 3.05) is 0 Å². The highest BCUT2D eigenvalue weighted by Crippen LogP contribution is 2.28. The largest absolute Gasteiger partial charge is 0.494 e. The Hall–Kier alpha value is -1.48. The van der Waals surface area contributed by atoms with Gasteiger partial charge in [0, 0.05) is 22.7 Å². The molecular formula is C16H19ClN2O. The van der Waals surface area contributed by atoms with E-state index in [2.05, 4.69) is 9.98 Å². The number of nitrogens with one attached hydrogen (secondary N) is 1. The van der Waals surface area contributed by atoms with E-state index in [-0.39, 0.29) is 5.88 Å². The Balaban J connectivity index is 1.87. The van der Waals surface area contributed by atoms with Gasteiger partial charge in [0.1, 0.15) is 0 Å². The van der Waals surface area contributed by atoms with Crippen LogP contribution in [-0.4, -0.2) is 22.3 Å². The molecule has 2 aromatic rings. The van der Waals surface area contributed by atoms with Crippen molar-refractivity contribution in [3.63, 3.8) is 0 Å². The van der Waals surface area contributed by atoms with E-state index < -0.39 is 0 Å². The quantitative estimate of drug-likeness (QED) is 0.613. The fourth-order valence-corrected chi connectivity index (χ4v) is 3.07. The molecule has 106 valence electrons. The van der Waals surface area contributed by atoms with E-state index in [0.717, 1.165) is 29.3 Å². The highest BCUT2D eigenvalue weighted by molar-refractivity contribution is 6.31. The molecule has 1 fully saturated rings. The predicted octanol–water partition coefficient (Wildman–Crippen LogP) is 4.67. The third-order valence-corrected chi connectivity index (χ3v) is 4.25. The Morgan fingerprint density at radius 3 is 2.70 bits per heavy atom. The lowest BCUT2D eigenvalue weighted by Crippen LogP contribution is -2.02. The van der Waals surface area contributed by atoms with Gasteiger partial charge >= 0.3 is 0 Å². The van der Waals surface area contributed by atoms with Crippen molar-refractivity contribution in [2.45, 2.75) is 44.6 Å². The first kappa shape index (κ1) is 13.5. The molecule has 1 saturated carbocycles. The molecule has 1 heterocycles. The zero-order chi connectivity index (χ0) is 13.9. The molecule has 1 aliphatic rings. The fourth-order valence-electron chi connectivity index (χ4n) is 2.89. The molecular weight excluding hydrogens is 272 g/mol. The molecule has 0 saturated heterocycles. The van der Waals surface area contributed by atoms with Gasteiger partial charge in [-0.25, -0.2) is 0 Å². The van der Waals surface area contributed by atoms with Crippen LogP contribution in [-0.2, 0) is 0 Å². The van der Waals surface area contributed by atoms with E-state index in [4.69, 9.17) is 11.6 Å². The number of aromatic hydroxyl groups is 1. The van der Waals surface area contributed by atoms with Crippen molar-refractivity contribution in [3.05, 3.63) is 28.8 Å². The second kappa shape index (κ2) is 5.88. The van der Waals surface area contributed by atoms with Crippen LogP contribution in [0.4, 0.5) is 0 Å². The van der Waals surface area contributed by atoms with Crippen LogP contribution < -0.4 is 0 Å². The first-order valence-corrected chi connectivity index (χ1v) is 7.65. The predicted molar refractivity (Wildman–Crippen MR) is 84.1 cm³/mol. The van der Waals surface area contributed by atoms with Crippen LogP contribution >= 0.6 is 11.6 Å². The van der Waals surface area contributed by atoms with Gasteiger partial charge in [0.15, 0.2) is 5.88 Å². The summed E-state index contributed by atoms with van der Waals surface area (Å²) in [6, 6.07) is 5.97. The van der Waals surface area contributed by atoms with Crippen LogP contribution in [0.5, 0.6) is 5.88 Å². The van der Waals surface area contributed by atoms with Gasteiger partial charge in [-0.1, -0.05) is 43.4 Å². The number of H-pyrrole nitrogens is 1. The molecule has 1 aliphatic carbocycles. The van der Waals surface area contributed by atoms with E-state index >= 15 is 0 Å². The van der Waals surface area contributed by atoms with Crippen LogP contribution in [0.2, 0.25) is 5.02 Å². The first-order valence-electron chi connectivity index (χ1n) is 7.27. The Morgan fingerprint density at radius 1 is 1.20 bits per heavy atom. The number of rotatable bonds is 2. The summed E-state index contributed by atoms with van der Waals surface area (Å²) >= 11 is 5.96. The molecule has 0 spiro atoms. The van der Waals surface area contributed by atoms with Crippen LogP contribution in [0.15, 0.2) is 23.2 Å². The second-order valence-electron chi connectivity index (χ2n) is 5.50. The number of aromatic nitrogens is 1. The van der Waals surface area contributed by atoms with E-state index in [1.165, 1.54) is 25.7 Å². The minimum absolute atomic E-state index is 0.166. The van der Waals surface area contributed by atoms with Gasteiger partial charge < -0.3 is 10.1 Å². The van der Waals surface area contributed by atoms with E-state index in [9.17, 15) is 5.11 Å². The Kier molecular flexibility index (Phi) is 3.97. The number of benzene rings is 1. The molecule has 0 amide bonds. The van der Waals surface area contributed by atoms with Crippen molar-refractivity contribution < 1.29 is 5.11 Å². The van der Waals surface area contributed by atoms with Crippen LogP contribution in [0.3, 0.4) is 0 Å². The van der Waals surface area contributed by atoms with Crippen molar-refractivity contribution in [3.8, 4) is 5.88 Å². The van der Waals surface area contributed by atoms with Crippen LogP contribution in [0, 0.1) is 0 Å². The minimum Gasteiger partial charge on any atom is -0.494 e. The zero-order valence-electron chi connectivity index (χ0n) is 11.4. The molecule has 3 rings (SSSR count). The standard InChI is InChI=1S/C16H19ClN2O/c17-11-7-8-13-14(16(20)19-15(13)9-11)10-18-12-5-3-1-2-4-6-12/h7-10,12,19-20H,1-6H2. The smallest absolute Gasteiger partial charge is 0.198 e. The maximum atomic E-state index is 10.0. The number of hydrogen-bond acceptors (Lipinski definition) is 2. The normalized spacial score (nSPS) is 17.9. The zero-order valence-corrected chi connectivity index (χ0v) is 12.2. The summed E-state index contributed by atoms with van der Waals surface area (Å²) in [4.78, 5) is 7.63. The van der Waals surface area contributed by atoms with Gasteiger partial charge in [-0.3, -0.25) is 4.99 Å². The van der Waals surface area contributed by atoms with Crippen molar-refractivity contribution >= 4 is 28.7 Å². The van der Waals surface area contributed by atoms with Crippen molar-refractivity contribution in [2.24, 2.45) is 4.99 Å². The minimum atomic E-state index is 0.166. The number of fused-ring (bicyclic) bond motifs is 1. The molecule has 3 nitrogen and oxygen atoms in total. The van der Waals surface area contributed by atoms with Crippen molar-refractivity contribution in [1.82, 2.24) is 4.98 Å². The molecule has 1 aromatic carbocycles. The van der Waals surface area contributed by atoms with E-state index in [1.54, 1.807) is 0 Å². The molecule has 20 heavy (non-hydrogen) atoms. The topological polar surface area (TPSA) is 48.4 Å². The third-order valence-electron chi connectivity index (χ3n) is 4.02. The van der Waals surface area contributed by atoms with Crippen LogP contribution in [0.1, 0.15) is 44.1 Å². The molecule has 0 atom stereocenters. The molecule has 4 heteroatoms. The third kappa shape index (κ3) is 2.83. The molecule has 0 aliphatic heterocycles. The number of hydrogen-bond donors (Lipinski definition) is 2. The SMILES string of the molecule is Oc1[nH]c2cc(Cl)ccc2c1C=NC1CCCCCC1. The number of halogens is 1. The lowest BCUT2D eigenvalue weighted by molar-refractivity contribution is 0.457. The molecule has 0 radical (unpaired) electrons. The summed E-state index contributed by atoms with van der Waals surface area (Å²) in [6.07, 6.45) is 9.30. The number of aromatic amines is 1. The van der Waals surface area contributed by atoms with Crippen molar-refractivity contribution in [1.29, 1.82) is 0 Å². The highest BCUT2D eigenvalue weighted by atomic mass is 35.5. The van der Waals surface area contributed by atoms with E-state index in [1.807, 2.05) is 24.4 Å². The number of aliphatic imine (C=N–C) groups is 1. The Labute approximate surface area is 123 Å². The summed E-state index contributed by atoms with van der Waals surface area (Å²) in [5.41, 5.74) is 1.61. The van der Waals surface area contributed by atoms with Gasteiger partial charge in [0.2, 0.25) is 0 Å². The van der Waals surface area contributed by atoms with Crippen LogP contribution in [0.25, 0.3) is 10.9 Å². The first-order chi connectivity index (χ1) is 9.74. The molecule has 0 unspecified atom stereocenters. The lowest BCUT2D eigenvalue weighted by atomic mass is 10.1. The highest BCUT2D eigenvalue weighted by Gasteiger charge is 2.12. The summed E-state index contributed by atoms with van der Waals surface area (Å²) in [5, 5.41) is 11.6. The Morgan fingerprint density at radius 2 is 1.95 bits per heavy atom. The maximum absolute atomic E-state index is 10.0. The lowest BCUT2D eigenvalue weighted by Gasteiger charge is -2.07. The molecule has 0 bridgehead atoms. The summed E-state index contributed by atoms with van der Waals surface area (Å²) in [6.45, 7) is 0. The number of nitrogens with zero attached hydrogens (tertiary/aromatic N) is 1. The van der Waals surface area contributed by atoms with Gasteiger partial charge in [0.05, 0.1) is 11.1 Å². The Bertz CT molecular complexity index is 625. The van der Waals surface area contributed by atoms with Gasteiger partial charge in [-0.15, -0.1) is 0 Å². The summed E-state index contributed by atoms with van der Waals surface area (Å²) in [7, 11) is 0. The molecule has 2 N–H and O–H groups in total. The fraction of sp³-hybridized carbons (Fsp3) is 0.438. The monoisotopic (exact) mass is 290 g/mol. The second-order valence-corrected chi connectivity index (χ2v) is 5.94.